The number of benzene rings is 1. The molecule has 0 bridgehead atoms. The number of allylic oxidation sites excluding steroid dienone is 1. The summed E-state index contributed by atoms with van der Waals surface area (Å²) in [5.74, 6) is 1.16. The number of rotatable bonds is 6. The number of aryl methyl sites for hydroxylation is 2. The van der Waals surface area contributed by atoms with E-state index in [2.05, 4.69) is 10.5 Å². The Balaban J connectivity index is 1.80. The Hall–Kier alpha value is -2.82. The van der Waals surface area contributed by atoms with Gasteiger partial charge in [0, 0.05) is 6.21 Å². The highest BCUT2D eigenvalue weighted by molar-refractivity contribution is 5.81. The Morgan fingerprint density at radius 2 is 2.04 bits per heavy atom. The van der Waals surface area contributed by atoms with Crippen molar-refractivity contribution in [1.29, 1.82) is 0 Å². The molecule has 0 saturated carbocycles. The van der Waals surface area contributed by atoms with E-state index in [-0.39, 0.29) is 12.5 Å². The summed E-state index contributed by atoms with van der Waals surface area (Å²) in [5, 5.41) is 3.81. The molecule has 120 valence electrons. The molecular formula is C18H20N2O3. The third kappa shape index (κ3) is 4.85. The number of hydrogen-bond donors (Lipinski definition) is 1. The molecule has 0 fully saturated rings. The van der Waals surface area contributed by atoms with Gasteiger partial charge in [-0.05, 0) is 61.7 Å². The molecular weight excluding hydrogens is 292 g/mol. The number of carbonyl (C=O) groups excluding carboxylic acids is 1. The van der Waals surface area contributed by atoms with Crippen molar-refractivity contribution < 1.29 is 13.9 Å². The number of hydrazone groups is 1. The van der Waals surface area contributed by atoms with Gasteiger partial charge in [0.15, 0.2) is 6.61 Å². The van der Waals surface area contributed by atoms with E-state index in [0.29, 0.717) is 0 Å². The van der Waals surface area contributed by atoms with Crippen molar-refractivity contribution >= 4 is 18.2 Å². The number of hydrogen-bond acceptors (Lipinski definition) is 4. The second-order valence-corrected chi connectivity index (χ2v) is 5.13. The van der Waals surface area contributed by atoms with E-state index in [0.717, 1.165) is 28.2 Å². The summed E-state index contributed by atoms with van der Waals surface area (Å²) in [6.07, 6.45) is 6.48. The molecule has 1 aromatic carbocycles. The molecule has 2 rings (SSSR count). The van der Waals surface area contributed by atoms with Crippen LogP contribution in [-0.2, 0) is 4.79 Å². The Morgan fingerprint density at radius 3 is 2.78 bits per heavy atom. The van der Waals surface area contributed by atoms with Gasteiger partial charge >= 0.3 is 0 Å². The number of nitrogens with zero attached hydrogens (tertiary/aromatic N) is 1. The van der Waals surface area contributed by atoms with Crippen LogP contribution in [0.2, 0.25) is 0 Å². The molecule has 1 N–H and O–H groups in total. The SMILES string of the molecule is Cc1ccc(C)c(OCC(=O)N/N=C/C=C/c2ccco2)c1C. The fraction of sp³-hybridized carbons (Fsp3) is 0.222. The number of ether oxygens (including phenoxy) is 1. The van der Waals surface area contributed by atoms with E-state index in [4.69, 9.17) is 9.15 Å². The average Bonchev–Trinajstić information content (AvgIpc) is 3.04. The van der Waals surface area contributed by atoms with Crippen molar-refractivity contribution in [2.24, 2.45) is 5.10 Å². The molecule has 0 unspecified atom stereocenters. The molecule has 0 aliphatic heterocycles. The molecule has 0 saturated heterocycles. The highest BCUT2D eigenvalue weighted by Gasteiger charge is 2.08. The van der Waals surface area contributed by atoms with Gasteiger partial charge < -0.3 is 9.15 Å². The first-order chi connectivity index (χ1) is 11.1. The van der Waals surface area contributed by atoms with Gasteiger partial charge in [-0.15, -0.1) is 0 Å². The molecule has 5 heteroatoms. The Morgan fingerprint density at radius 1 is 1.26 bits per heavy atom. The van der Waals surface area contributed by atoms with Gasteiger partial charge in [-0.25, -0.2) is 5.43 Å². The first-order valence-electron chi connectivity index (χ1n) is 7.29. The smallest absolute Gasteiger partial charge is 0.277 e. The van der Waals surface area contributed by atoms with Crippen molar-refractivity contribution in [3.05, 3.63) is 59.1 Å². The minimum Gasteiger partial charge on any atom is -0.483 e. The summed E-state index contributed by atoms with van der Waals surface area (Å²) in [6.45, 7) is 5.87. The van der Waals surface area contributed by atoms with Crippen molar-refractivity contribution in [1.82, 2.24) is 5.43 Å². The Bertz CT molecular complexity index is 716. The molecule has 5 nitrogen and oxygen atoms in total. The van der Waals surface area contributed by atoms with E-state index in [1.165, 1.54) is 6.21 Å². The highest BCUT2D eigenvalue weighted by atomic mass is 16.5. The van der Waals surface area contributed by atoms with Gasteiger partial charge in [0.05, 0.1) is 6.26 Å². The van der Waals surface area contributed by atoms with Crippen LogP contribution in [0.1, 0.15) is 22.5 Å². The zero-order valence-corrected chi connectivity index (χ0v) is 13.5. The van der Waals surface area contributed by atoms with Crippen molar-refractivity contribution in [2.75, 3.05) is 6.61 Å². The van der Waals surface area contributed by atoms with Crippen molar-refractivity contribution in [3.8, 4) is 5.75 Å². The van der Waals surface area contributed by atoms with Crippen LogP contribution in [0.4, 0.5) is 0 Å². The number of amides is 1. The van der Waals surface area contributed by atoms with Crippen LogP contribution in [0.25, 0.3) is 6.08 Å². The third-order valence-electron chi connectivity index (χ3n) is 3.37. The topological polar surface area (TPSA) is 63.8 Å². The maximum atomic E-state index is 11.7. The number of carbonyl (C=O) groups is 1. The summed E-state index contributed by atoms with van der Waals surface area (Å²) < 4.78 is 10.7. The second-order valence-electron chi connectivity index (χ2n) is 5.13. The Kier molecular flexibility index (Phi) is 5.74. The summed E-state index contributed by atoms with van der Waals surface area (Å²) in [4.78, 5) is 11.7. The first kappa shape index (κ1) is 16.5. The fourth-order valence-electron chi connectivity index (χ4n) is 1.99. The van der Waals surface area contributed by atoms with E-state index in [1.54, 1.807) is 24.5 Å². The van der Waals surface area contributed by atoms with E-state index in [9.17, 15) is 4.79 Å². The molecule has 1 heterocycles. The van der Waals surface area contributed by atoms with E-state index < -0.39 is 0 Å². The minimum absolute atomic E-state index is 0.0790. The zero-order valence-electron chi connectivity index (χ0n) is 13.5. The van der Waals surface area contributed by atoms with Gasteiger partial charge in [-0.3, -0.25) is 4.79 Å². The fourth-order valence-corrected chi connectivity index (χ4v) is 1.99. The summed E-state index contributed by atoms with van der Waals surface area (Å²) >= 11 is 0. The van der Waals surface area contributed by atoms with Gasteiger partial charge in [0.2, 0.25) is 0 Å². The quantitative estimate of drug-likeness (QED) is 0.657. The summed E-state index contributed by atoms with van der Waals surface area (Å²) in [5.41, 5.74) is 5.59. The number of furan rings is 1. The lowest BCUT2D eigenvalue weighted by Crippen LogP contribution is -2.24. The minimum atomic E-state index is -0.312. The molecule has 0 aliphatic rings. The largest absolute Gasteiger partial charge is 0.483 e. The van der Waals surface area contributed by atoms with E-state index in [1.807, 2.05) is 39.0 Å². The van der Waals surface area contributed by atoms with Crippen LogP contribution in [-0.4, -0.2) is 18.7 Å². The Labute approximate surface area is 135 Å². The number of nitrogens with one attached hydrogen (secondary N) is 1. The monoisotopic (exact) mass is 312 g/mol. The molecule has 1 amide bonds. The van der Waals surface area contributed by atoms with Crippen LogP contribution in [0.5, 0.6) is 5.75 Å². The normalized spacial score (nSPS) is 11.3. The van der Waals surface area contributed by atoms with Crippen molar-refractivity contribution in [3.63, 3.8) is 0 Å². The molecule has 2 aromatic rings. The lowest BCUT2D eigenvalue weighted by Gasteiger charge is -2.13. The maximum Gasteiger partial charge on any atom is 0.277 e. The van der Waals surface area contributed by atoms with Crippen LogP contribution in [0, 0.1) is 20.8 Å². The first-order valence-corrected chi connectivity index (χ1v) is 7.29. The summed E-state index contributed by atoms with van der Waals surface area (Å²) in [6, 6.07) is 7.63. The van der Waals surface area contributed by atoms with E-state index >= 15 is 0 Å². The van der Waals surface area contributed by atoms with Gasteiger partial charge in [-0.1, -0.05) is 12.1 Å². The molecule has 0 spiro atoms. The van der Waals surface area contributed by atoms with Gasteiger partial charge in [-0.2, -0.15) is 5.10 Å². The van der Waals surface area contributed by atoms with Crippen LogP contribution in [0.15, 0.2) is 46.1 Å². The summed E-state index contributed by atoms with van der Waals surface area (Å²) in [7, 11) is 0. The predicted molar refractivity (Wildman–Crippen MR) is 90.5 cm³/mol. The molecule has 23 heavy (non-hydrogen) atoms. The molecule has 0 radical (unpaired) electrons. The van der Waals surface area contributed by atoms with Gasteiger partial charge in [0.25, 0.3) is 5.91 Å². The van der Waals surface area contributed by atoms with Crippen molar-refractivity contribution in [2.45, 2.75) is 20.8 Å². The van der Waals surface area contributed by atoms with Crippen LogP contribution >= 0.6 is 0 Å². The van der Waals surface area contributed by atoms with Crippen LogP contribution in [0.3, 0.4) is 0 Å². The zero-order chi connectivity index (χ0) is 16.7. The van der Waals surface area contributed by atoms with Crippen LogP contribution < -0.4 is 10.2 Å². The molecule has 0 aliphatic carbocycles. The molecule has 0 atom stereocenters. The average molecular weight is 312 g/mol. The van der Waals surface area contributed by atoms with Gasteiger partial charge in [0.1, 0.15) is 11.5 Å². The lowest BCUT2D eigenvalue weighted by atomic mass is 10.1. The molecule has 1 aromatic heterocycles. The second kappa shape index (κ2) is 7.98. The third-order valence-corrected chi connectivity index (χ3v) is 3.37. The standard InChI is InChI=1S/C18H20N2O3/c1-13-8-9-14(2)18(15(13)3)23-12-17(21)20-19-10-4-6-16-7-5-11-22-16/h4-11H,12H2,1-3H3,(H,20,21)/b6-4+,19-10+. The highest BCUT2D eigenvalue weighted by Crippen LogP contribution is 2.25. The maximum absolute atomic E-state index is 11.7. The predicted octanol–water partition coefficient (Wildman–Crippen LogP) is 3.40. The lowest BCUT2D eigenvalue weighted by molar-refractivity contribution is -0.123.